The van der Waals surface area contributed by atoms with Crippen molar-refractivity contribution >= 4 is 5.91 Å². The lowest BCUT2D eigenvalue weighted by Crippen LogP contribution is -2.28. The zero-order valence-electron chi connectivity index (χ0n) is 14.5. The van der Waals surface area contributed by atoms with Gasteiger partial charge in [0.25, 0.3) is 0 Å². The van der Waals surface area contributed by atoms with E-state index in [0.29, 0.717) is 25.4 Å². The van der Waals surface area contributed by atoms with E-state index in [-0.39, 0.29) is 11.9 Å². The van der Waals surface area contributed by atoms with Crippen LogP contribution >= 0.6 is 0 Å². The van der Waals surface area contributed by atoms with Crippen LogP contribution in [0.25, 0.3) is 0 Å². The molecule has 0 aliphatic heterocycles. The molecule has 0 radical (unpaired) electrons. The molecule has 0 aromatic heterocycles. The van der Waals surface area contributed by atoms with Gasteiger partial charge in [-0.1, -0.05) is 36.4 Å². The number of amides is 1. The SMILES string of the molecule is CCOc1ccc([C@H](C)NC(=O)Cc2ccccc2)cc1OCC. The molecule has 2 aromatic carbocycles. The first-order chi connectivity index (χ1) is 11.6. The minimum absolute atomic E-state index is 0.000504. The molecule has 0 heterocycles. The van der Waals surface area contributed by atoms with Crippen LogP contribution in [0.4, 0.5) is 0 Å². The number of rotatable bonds is 8. The molecule has 128 valence electrons. The van der Waals surface area contributed by atoms with Crippen LogP contribution in [0.3, 0.4) is 0 Å². The molecule has 0 aliphatic rings. The van der Waals surface area contributed by atoms with Gasteiger partial charge >= 0.3 is 0 Å². The van der Waals surface area contributed by atoms with Crippen LogP contribution in [0.15, 0.2) is 48.5 Å². The van der Waals surface area contributed by atoms with Crippen molar-refractivity contribution in [2.24, 2.45) is 0 Å². The van der Waals surface area contributed by atoms with Gasteiger partial charge in [-0.3, -0.25) is 4.79 Å². The predicted molar refractivity (Wildman–Crippen MR) is 95.5 cm³/mol. The summed E-state index contributed by atoms with van der Waals surface area (Å²) in [5.41, 5.74) is 1.99. The highest BCUT2D eigenvalue weighted by atomic mass is 16.5. The third-order valence-electron chi connectivity index (χ3n) is 3.65. The number of ether oxygens (including phenoxy) is 2. The molecule has 4 nitrogen and oxygen atoms in total. The van der Waals surface area contributed by atoms with E-state index in [1.165, 1.54) is 0 Å². The molecule has 1 N–H and O–H groups in total. The van der Waals surface area contributed by atoms with Gasteiger partial charge in [-0.25, -0.2) is 0 Å². The molecule has 1 atom stereocenters. The van der Waals surface area contributed by atoms with Crippen molar-refractivity contribution in [1.82, 2.24) is 5.32 Å². The normalized spacial score (nSPS) is 11.6. The van der Waals surface area contributed by atoms with E-state index in [4.69, 9.17) is 9.47 Å². The summed E-state index contributed by atoms with van der Waals surface area (Å²) in [6, 6.07) is 15.4. The highest BCUT2D eigenvalue weighted by Gasteiger charge is 2.13. The van der Waals surface area contributed by atoms with Crippen LogP contribution in [-0.2, 0) is 11.2 Å². The summed E-state index contributed by atoms with van der Waals surface area (Å²) in [4.78, 5) is 12.2. The lowest BCUT2D eigenvalue weighted by atomic mass is 10.1. The van der Waals surface area contributed by atoms with Crippen molar-refractivity contribution in [1.29, 1.82) is 0 Å². The maximum absolute atomic E-state index is 12.2. The molecule has 2 rings (SSSR count). The Bertz CT molecular complexity index is 655. The van der Waals surface area contributed by atoms with Crippen molar-refractivity contribution in [2.75, 3.05) is 13.2 Å². The summed E-state index contributed by atoms with van der Waals surface area (Å²) < 4.78 is 11.2. The number of nitrogens with one attached hydrogen (secondary N) is 1. The van der Waals surface area contributed by atoms with Crippen molar-refractivity contribution in [3.8, 4) is 11.5 Å². The number of hydrogen-bond donors (Lipinski definition) is 1. The Morgan fingerprint density at radius 1 is 1.00 bits per heavy atom. The molecule has 4 heteroatoms. The fourth-order valence-electron chi connectivity index (χ4n) is 2.49. The molecule has 2 aromatic rings. The molecular weight excluding hydrogens is 302 g/mol. The molecule has 0 aliphatic carbocycles. The van der Waals surface area contributed by atoms with Crippen molar-refractivity contribution in [2.45, 2.75) is 33.2 Å². The van der Waals surface area contributed by atoms with Gasteiger partial charge in [0.15, 0.2) is 11.5 Å². The first-order valence-electron chi connectivity index (χ1n) is 8.36. The number of carbonyl (C=O) groups is 1. The lowest BCUT2D eigenvalue weighted by molar-refractivity contribution is -0.121. The Morgan fingerprint density at radius 3 is 2.33 bits per heavy atom. The summed E-state index contributed by atoms with van der Waals surface area (Å²) in [6.45, 7) is 7.00. The molecule has 0 fully saturated rings. The van der Waals surface area contributed by atoms with E-state index >= 15 is 0 Å². The molecule has 24 heavy (non-hydrogen) atoms. The van der Waals surface area contributed by atoms with Crippen molar-refractivity contribution in [3.63, 3.8) is 0 Å². The highest BCUT2D eigenvalue weighted by Crippen LogP contribution is 2.30. The Balaban J connectivity index is 2.04. The number of hydrogen-bond acceptors (Lipinski definition) is 3. The van der Waals surface area contributed by atoms with E-state index in [1.807, 2.05) is 69.3 Å². The first-order valence-corrected chi connectivity index (χ1v) is 8.36. The summed E-state index contributed by atoms with van der Waals surface area (Å²) in [5, 5.41) is 3.03. The standard InChI is InChI=1S/C20H25NO3/c1-4-23-18-12-11-17(14-19(18)24-5-2)15(3)21-20(22)13-16-9-7-6-8-10-16/h6-12,14-15H,4-5,13H2,1-3H3,(H,21,22)/t15-/m0/s1. The van der Waals surface area contributed by atoms with Gasteiger partial charge in [0.1, 0.15) is 0 Å². The summed E-state index contributed by atoms with van der Waals surface area (Å²) in [6.07, 6.45) is 0.376. The lowest BCUT2D eigenvalue weighted by Gasteiger charge is -2.17. The number of carbonyl (C=O) groups excluding carboxylic acids is 1. The molecule has 0 unspecified atom stereocenters. The summed E-state index contributed by atoms with van der Waals surface area (Å²) in [5.74, 6) is 1.44. The fraction of sp³-hybridized carbons (Fsp3) is 0.350. The van der Waals surface area contributed by atoms with Gasteiger partial charge in [-0.2, -0.15) is 0 Å². The van der Waals surface area contributed by atoms with Gasteiger partial charge in [0.2, 0.25) is 5.91 Å². The van der Waals surface area contributed by atoms with Crippen molar-refractivity contribution < 1.29 is 14.3 Å². The zero-order chi connectivity index (χ0) is 17.4. The Kier molecular flexibility index (Phi) is 6.67. The van der Waals surface area contributed by atoms with E-state index in [2.05, 4.69) is 5.32 Å². The van der Waals surface area contributed by atoms with E-state index < -0.39 is 0 Å². The molecule has 0 spiro atoms. The monoisotopic (exact) mass is 327 g/mol. The molecule has 0 bridgehead atoms. The average molecular weight is 327 g/mol. The Hall–Kier alpha value is -2.49. The molecular formula is C20H25NO3. The van der Waals surface area contributed by atoms with Crippen LogP contribution < -0.4 is 14.8 Å². The largest absolute Gasteiger partial charge is 0.490 e. The maximum Gasteiger partial charge on any atom is 0.224 e. The number of benzene rings is 2. The maximum atomic E-state index is 12.2. The van der Waals surface area contributed by atoms with Gasteiger partial charge in [0.05, 0.1) is 25.7 Å². The molecule has 0 saturated carbocycles. The zero-order valence-corrected chi connectivity index (χ0v) is 14.5. The van der Waals surface area contributed by atoms with E-state index in [1.54, 1.807) is 0 Å². The van der Waals surface area contributed by atoms with Crippen LogP contribution in [0.5, 0.6) is 11.5 Å². The van der Waals surface area contributed by atoms with Gasteiger partial charge < -0.3 is 14.8 Å². The Morgan fingerprint density at radius 2 is 1.67 bits per heavy atom. The van der Waals surface area contributed by atoms with Gasteiger partial charge in [-0.15, -0.1) is 0 Å². The highest BCUT2D eigenvalue weighted by molar-refractivity contribution is 5.79. The Labute approximate surface area is 143 Å². The quantitative estimate of drug-likeness (QED) is 0.800. The van der Waals surface area contributed by atoms with Crippen LogP contribution in [0.2, 0.25) is 0 Å². The topological polar surface area (TPSA) is 47.6 Å². The average Bonchev–Trinajstić information content (AvgIpc) is 2.57. The molecule has 0 saturated heterocycles. The van der Waals surface area contributed by atoms with Crippen molar-refractivity contribution in [3.05, 3.63) is 59.7 Å². The smallest absolute Gasteiger partial charge is 0.224 e. The summed E-state index contributed by atoms with van der Waals surface area (Å²) >= 11 is 0. The molecule has 1 amide bonds. The van der Waals surface area contributed by atoms with Gasteiger partial charge in [0, 0.05) is 0 Å². The minimum atomic E-state index is -0.101. The van der Waals surface area contributed by atoms with E-state index in [9.17, 15) is 4.79 Å². The van der Waals surface area contributed by atoms with Gasteiger partial charge in [-0.05, 0) is 44.0 Å². The third kappa shape index (κ3) is 5.01. The second kappa shape index (κ2) is 8.96. The third-order valence-corrected chi connectivity index (χ3v) is 3.65. The second-order valence-corrected chi connectivity index (χ2v) is 5.52. The minimum Gasteiger partial charge on any atom is -0.490 e. The van der Waals surface area contributed by atoms with E-state index in [0.717, 1.165) is 16.9 Å². The van der Waals surface area contributed by atoms with Crippen LogP contribution in [0.1, 0.15) is 37.9 Å². The predicted octanol–water partition coefficient (Wildman–Crippen LogP) is 3.90. The van der Waals surface area contributed by atoms with Crippen LogP contribution in [0, 0.1) is 0 Å². The van der Waals surface area contributed by atoms with Crippen LogP contribution in [-0.4, -0.2) is 19.1 Å². The summed E-state index contributed by atoms with van der Waals surface area (Å²) in [7, 11) is 0. The fourth-order valence-corrected chi connectivity index (χ4v) is 2.49. The first kappa shape index (κ1) is 17.9. The second-order valence-electron chi connectivity index (χ2n) is 5.52.